The molecule has 3 rings (SSSR count). The van der Waals surface area contributed by atoms with Crippen molar-refractivity contribution in [3.05, 3.63) is 95.3 Å². The third-order valence-electron chi connectivity index (χ3n) is 3.81. The van der Waals surface area contributed by atoms with Gasteiger partial charge in [0.1, 0.15) is 18.2 Å². The second kappa shape index (κ2) is 7.62. The summed E-state index contributed by atoms with van der Waals surface area (Å²) in [7, 11) is 0. The van der Waals surface area contributed by atoms with E-state index in [-0.39, 0.29) is 11.7 Å². The van der Waals surface area contributed by atoms with E-state index in [1.807, 2.05) is 36.4 Å². The fourth-order valence-electron chi connectivity index (χ4n) is 2.47. The van der Waals surface area contributed by atoms with E-state index in [0.717, 1.165) is 5.56 Å². The molecule has 126 valence electrons. The molecule has 3 aromatic rings. The zero-order valence-corrected chi connectivity index (χ0v) is 13.8. The number of amides is 1. The van der Waals surface area contributed by atoms with E-state index >= 15 is 0 Å². The molecule has 0 saturated carbocycles. The third-order valence-corrected chi connectivity index (χ3v) is 3.81. The largest absolute Gasteiger partial charge is 0.488 e. The van der Waals surface area contributed by atoms with Crippen molar-refractivity contribution in [2.45, 2.75) is 13.5 Å². The van der Waals surface area contributed by atoms with Gasteiger partial charge >= 0.3 is 0 Å². The third kappa shape index (κ3) is 4.23. The number of benzene rings is 3. The van der Waals surface area contributed by atoms with Gasteiger partial charge in [0.15, 0.2) is 0 Å². The van der Waals surface area contributed by atoms with Crippen molar-refractivity contribution in [3.8, 4) is 5.75 Å². The molecule has 0 aromatic heterocycles. The Kier molecular flexibility index (Phi) is 5.09. The summed E-state index contributed by atoms with van der Waals surface area (Å²) in [6, 6.07) is 21.1. The summed E-state index contributed by atoms with van der Waals surface area (Å²) in [4.78, 5) is 12.6. The lowest BCUT2D eigenvalue weighted by molar-refractivity contribution is 0.102. The smallest absolute Gasteiger partial charge is 0.259 e. The highest BCUT2D eigenvalue weighted by molar-refractivity contribution is 6.06. The Balaban J connectivity index is 1.76. The molecule has 0 unspecified atom stereocenters. The molecule has 0 atom stereocenters. The lowest BCUT2D eigenvalue weighted by Crippen LogP contribution is -2.14. The van der Waals surface area contributed by atoms with Gasteiger partial charge in [-0.05, 0) is 48.4 Å². The maximum Gasteiger partial charge on any atom is 0.259 e. The van der Waals surface area contributed by atoms with E-state index in [9.17, 15) is 9.18 Å². The second-order valence-electron chi connectivity index (χ2n) is 5.68. The Labute approximate surface area is 146 Å². The maximum atomic E-state index is 13.2. The number of hydrogen-bond acceptors (Lipinski definition) is 2. The number of para-hydroxylation sites is 1. The lowest BCUT2D eigenvalue weighted by Gasteiger charge is -2.13. The summed E-state index contributed by atoms with van der Waals surface area (Å²) < 4.78 is 19.0. The van der Waals surface area contributed by atoms with Gasteiger partial charge in [-0.25, -0.2) is 4.39 Å². The fourth-order valence-corrected chi connectivity index (χ4v) is 2.47. The Morgan fingerprint density at radius 1 is 1.00 bits per heavy atom. The van der Waals surface area contributed by atoms with E-state index in [2.05, 4.69) is 5.32 Å². The fraction of sp³-hybridized carbons (Fsp3) is 0.0952. The van der Waals surface area contributed by atoms with E-state index in [0.29, 0.717) is 29.2 Å². The maximum absolute atomic E-state index is 13.2. The highest BCUT2D eigenvalue weighted by atomic mass is 19.1. The van der Waals surface area contributed by atoms with Crippen LogP contribution in [0.3, 0.4) is 0 Å². The summed E-state index contributed by atoms with van der Waals surface area (Å²) in [5.74, 6) is -0.121. The van der Waals surface area contributed by atoms with Crippen LogP contribution in [-0.4, -0.2) is 5.91 Å². The van der Waals surface area contributed by atoms with Crippen LogP contribution in [0, 0.1) is 12.7 Å². The molecule has 0 heterocycles. The summed E-state index contributed by atoms with van der Waals surface area (Å²) in [5, 5.41) is 2.81. The first kappa shape index (κ1) is 16.7. The van der Waals surface area contributed by atoms with Gasteiger partial charge in [0.2, 0.25) is 0 Å². The lowest BCUT2D eigenvalue weighted by atomic mass is 10.1. The van der Waals surface area contributed by atoms with E-state index in [4.69, 9.17) is 4.74 Å². The summed E-state index contributed by atoms with van der Waals surface area (Å²) in [6.45, 7) is 2.12. The molecule has 0 radical (unpaired) electrons. The molecule has 0 spiro atoms. The standard InChI is InChI=1S/C21H18FNO2/c1-15-13-17(22)11-12-19(15)23-21(24)18-9-5-6-10-20(18)25-14-16-7-3-2-4-8-16/h2-13H,14H2,1H3,(H,23,24). The second-order valence-corrected chi connectivity index (χ2v) is 5.68. The number of carbonyl (C=O) groups excluding carboxylic acids is 1. The highest BCUT2D eigenvalue weighted by Gasteiger charge is 2.13. The highest BCUT2D eigenvalue weighted by Crippen LogP contribution is 2.22. The van der Waals surface area contributed by atoms with Gasteiger partial charge in [0, 0.05) is 5.69 Å². The van der Waals surface area contributed by atoms with Crippen LogP contribution in [0.2, 0.25) is 0 Å². The summed E-state index contributed by atoms with van der Waals surface area (Å²) >= 11 is 0. The molecule has 1 amide bonds. The van der Waals surface area contributed by atoms with Crippen LogP contribution in [0.15, 0.2) is 72.8 Å². The first-order valence-electron chi connectivity index (χ1n) is 7.97. The van der Waals surface area contributed by atoms with Crippen LogP contribution in [0.25, 0.3) is 0 Å². The Morgan fingerprint density at radius 3 is 2.48 bits per heavy atom. The topological polar surface area (TPSA) is 38.3 Å². The summed E-state index contributed by atoms with van der Waals surface area (Å²) in [6.07, 6.45) is 0. The van der Waals surface area contributed by atoms with Crippen molar-refractivity contribution < 1.29 is 13.9 Å². The van der Waals surface area contributed by atoms with E-state index in [1.54, 1.807) is 31.2 Å². The van der Waals surface area contributed by atoms with Gasteiger partial charge in [0.25, 0.3) is 5.91 Å². The van der Waals surface area contributed by atoms with Crippen molar-refractivity contribution in [2.24, 2.45) is 0 Å². The minimum Gasteiger partial charge on any atom is -0.488 e. The number of carbonyl (C=O) groups is 1. The van der Waals surface area contributed by atoms with Crippen LogP contribution in [0.1, 0.15) is 21.5 Å². The predicted molar refractivity (Wildman–Crippen MR) is 96.3 cm³/mol. The van der Waals surface area contributed by atoms with Crippen LogP contribution < -0.4 is 10.1 Å². The molecule has 0 aliphatic heterocycles. The molecule has 0 aliphatic carbocycles. The van der Waals surface area contributed by atoms with Crippen molar-refractivity contribution >= 4 is 11.6 Å². The van der Waals surface area contributed by atoms with Crippen LogP contribution in [0.5, 0.6) is 5.75 Å². The number of halogens is 1. The predicted octanol–water partition coefficient (Wildman–Crippen LogP) is 4.97. The molecular weight excluding hydrogens is 317 g/mol. The Hall–Kier alpha value is -3.14. The van der Waals surface area contributed by atoms with Gasteiger partial charge in [-0.2, -0.15) is 0 Å². The van der Waals surface area contributed by atoms with Gasteiger partial charge in [0.05, 0.1) is 5.56 Å². The molecule has 0 aliphatic rings. The average Bonchev–Trinajstić information content (AvgIpc) is 2.63. The van der Waals surface area contributed by atoms with Crippen molar-refractivity contribution in [3.63, 3.8) is 0 Å². The molecule has 0 bridgehead atoms. The number of ether oxygens (including phenoxy) is 1. The monoisotopic (exact) mass is 335 g/mol. The van der Waals surface area contributed by atoms with E-state index < -0.39 is 0 Å². The minimum absolute atomic E-state index is 0.293. The van der Waals surface area contributed by atoms with Crippen molar-refractivity contribution in [1.29, 1.82) is 0 Å². The number of aryl methyl sites for hydroxylation is 1. The van der Waals surface area contributed by atoms with Crippen molar-refractivity contribution in [2.75, 3.05) is 5.32 Å². The molecule has 3 aromatic carbocycles. The van der Waals surface area contributed by atoms with Crippen LogP contribution in [0.4, 0.5) is 10.1 Å². The van der Waals surface area contributed by atoms with Crippen LogP contribution in [-0.2, 0) is 6.61 Å². The van der Waals surface area contributed by atoms with Gasteiger partial charge < -0.3 is 10.1 Å². The van der Waals surface area contributed by atoms with Gasteiger partial charge in [-0.15, -0.1) is 0 Å². The van der Waals surface area contributed by atoms with Gasteiger partial charge in [-0.3, -0.25) is 4.79 Å². The minimum atomic E-state index is -0.331. The average molecular weight is 335 g/mol. The molecular formula is C21H18FNO2. The Bertz CT molecular complexity index is 878. The molecule has 0 fully saturated rings. The van der Waals surface area contributed by atoms with E-state index in [1.165, 1.54) is 12.1 Å². The van der Waals surface area contributed by atoms with Crippen LogP contribution >= 0.6 is 0 Å². The molecule has 4 heteroatoms. The number of nitrogens with one attached hydrogen (secondary N) is 1. The Morgan fingerprint density at radius 2 is 1.72 bits per heavy atom. The quantitative estimate of drug-likeness (QED) is 0.715. The molecule has 3 nitrogen and oxygen atoms in total. The molecule has 1 N–H and O–H groups in total. The first-order valence-corrected chi connectivity index (χ1v) is 7.97. The molecule has 25 heavy (non-hydrogen) atoms. The normalized spacial score (nSPS) is 10.3. The summed E-state index contributed by atoms with van der Waals surface area (Å²) in [5.41, 5.74) is 2.69. The molecule has 0 saturated heterocycles. The zero-order chi connectivity index (χ0) is 17.6. The first-order chi connectivity index (χ1) is 12.1. The number of anilines is 1. The van der Waals surface area contributed by atoms with Crippen molar-refractivity contribution in [1.82, 2.24) is 0 Å². The number of hydrogen-bond donors (Lipinski definition) is 1. The SMILES string of the molecule is Cc1cc(F)ccc1NC(=O)c1ccccc1OCc1ccccc1. The van der Waals surface area contributed by atoms with Gasteiger partial charge in [-0.1, -0.05) is 42.5 Å². The zero-order valence-electron chi connectivity index (χ0n) is 13.8. The number of rotatable bonds is 5.